The van der Waals surface area contributed by atoms with Gasteiger partial charge >= 0.3 is 0 Å². The molecule has 0 fully saturated rings. The number of halogens is 1. The second-order valence-electron chi connectivity index (χ2n) is 4.02. The number of rotatable bonds is 6. The Hall–Kier alpha value is -1.26. The van der Waals surface area contributed by atoms with E-state index < -0.39 is 0 Å². The zero-order valence-electron chi connectivity index (χ0n) is 10.8. The molecule has 4 nitrogen and oxygen atoms in total. The highest BCUT2D eigenvalue weighted by atomic mass is 35.5. The van der Waals surface area contributed by atoms with Crippen molar-refractivity contribution in [1.29, 1.82) is 0 Å². The minimum absolute atomic E-state index is 0. The van der Waals surface area contributed by atoms with Gasteiger partial charge in [-0.25, -0.2) is 0 Å². The lowest BCUT2D eigenvalue weighted by atomic mass is 9.97. The Balaban J connectivity index is 0.00000289. The Morgan fingerprint density at radius 3 is 2.50 bits per heavy atom. The van der Waals surface area contributed by atoms with Crippen LogP contribution in [0.2, 0.25) is 0 Å². The molecule has 0 heterocycles. The number of hydrogen-bond acceptors (Lipinski definition) is 3. The Morgan fingerprint density at radius 2 is 2.00 bits per heavy atom. The van der Waals surface area contributed by atoms with Gasteiger partial charge in [0.1, 0.15) is 5.75 Å². The van der Waals surface area contributed by atoms with Crippen LogP contribution in [0.4, 0.5) is 0 Å². The second-order valence-corrected chi connectivity index (χ2v) is 4.02. The van der Waals surface area contributed by atoms with Gasteiger partial charge in [-0.05, 0) is 23.6 Å². The number of benzene rings is 1. The fourth-order valence-electron chi connectivity index (χ4n) is 1.61. The van der Waals surface area contributed by atoms with E-state index in [4.69, 9.17) is 10.5 Å². The van der Waals surface area contributed by atoms with Gasteiger partial charge in [0.15, 0.2) is 0 Å². The highest BCUT2D eigenvalue weighted by Gasteiger charge is 2.10. The lowest BCUT2D eigenvalue weighted by molar-refractivity contribution is -0.121. The van der Waals surface area contributed by atoms with Gasteiger partial charge in [0.25, 0.3) is 0 Å². The molecule has 1 unspecified atom stereocenters. The van der Waals surface area contributed by atoms with Crippen LogP contribution in [0.3, 0.4) is 0 Å². The molecular formula is C13H21ClN2O2. The third-order valence-corrected chi connectivity index (χ3v) is 2.64. The number of carbonyl (C=O) groups is 1. The van der Waals surface area contributed by atoms with Crippen LogP contribution in [-0.4, -0.2) is 26.1 Å². The van der Waals surface area contributed by atoms with Crippen LogP contribution in [0, 0.1) is 0 Å². The van der Waals surface area contributed by atoms with Crippen LogP contribution >= 0.6 is 12.4 Å². The van der Waals surface area contributed by atoms with Crippen LogP contribution in [0.15, 0.2) is 24.3 Å². The van der Waals surface area contributed by atoms with Gasteiger partial charge in [-0.15, -0.1) is 12.4 Å². The number of carbonyl (C=O) groups excluding carboxylic acids is 1. The Morgan fingerprint density at radius 1 is 1.39 bits per heavy atom. The van der Waals surface area contributed by atoms with Gasteiger partial charge in [-0.1, -0.05) is 19.1 Å². The molecule has 0 aliphatic heterocycles. The average molecular weight is 273 g/mol. The first-order valence-corrected chi connectivity index (χ1v) is 5.78. The number of nitrogens with two attached hydrogens (primary N) is 1. The van der Waals surface area contributed by atoms with Gasteiger partial charge in [0, 0.05) is 19.5 Å². The molecule has 1 rings (SSSR count). The fourth-order valence-corrected chi connectivity index (χ4v) is 1.61. The molecule has 0 saturated carbocycles. The summed E-state index contributed by atoms with van der Waals surface area (Å²) in [5.41, 5.74) is 6.46. The smallest absolute Gasteiger partial charge is 0.220 e. The van der Waals surface area contributed by atoms with Crippen molar-refractivity contribution in [2.24, 2.45) is 5.73 Å². The minimum Gasteiger partial charge on any atom is -0.497 e. The lowest BCUT2D eigenvalue weighted by Gasteiger charge is -2.12. The van der Waals surface area contributed by atoms with Gasteiger partial charge in [0.05, 0.1) is 7.11 Å². The van der Waals surface area contributed by atoms with E-state index in [0.717, 1.165) is 11.3 Å². The van der Waals surface area contributed by atoms with Crippen LogP contribution in [0.1, 0.15) is 24.8 Å². The molecule has 5 heteroatoms. The number of hydrogen-bond donors (Lipinski definition) is 2. The van der Waals surface area contributed by atoms with E-state index in [-0.39, 0.29) is 24.2 Å². The number of methoxy groups -OCH3 is 1. The largest absolute Gasteiger partial charge is 0.497 e. The maximum Gasteiger partial charge on any atom is 0.220 e. The van der Waals surface area contributed by atoms with Crippen molar-refractivity contribution in [1.82, 2.24) is 5.32 Å². The third-order valence-electron chi connectivity index (χ3n) is 2.64. The van der Waals surface area contributed by atoms with Crippen LogP contribution in [-0.2, 0) is 4.79 Å². The van der Waals surface area contributed by atoms with Crippen molar-refractivity contribution in [2.75, 3.05) is 20.2 Å². The summed E-state index contributed by atoms with van der Waals surface area (Å²) in [7, 11) is 1.64. The minimum atomic E-state index is 0. The molecule has 1 aromatic carbocycles. The number of amides is 1. The maximum atomic E-state index is 11.5. The molecule has 0 saturated heterocycles. The molecular weight excluding hydrogens is 252 g/mol. The lowest BCUT2D eigenvalue weighted by Crippen LogP contribution is -2.29. The topological polar surface area (TPSA) is 64.3 Å². The van der Waals surface area contributed by atoms with Gasteiger partial charge in [-0.3, -0.25) is 4.79 Å². The Labute approximate surface area is 114 Å². The molecule has 0 spiro atoms. The Kier molecular flexibility index (Phi) is 8.16. The van der Waals surface area contributed by atoms with E-state index in [9.17, 15) is 4.79 Å². The highest BCUT2D eigenvalue weighted by Crippen LogP contribution is 2.21. The van der Waals surface area contributed by atoms with Crippen molar-refractivity contribution in [3.8, 4) is 5.75 Å². The van der Waals surface area contributed by atoms with Crippen LogP contribution < -0.4 is 15.8 Å². The standard InChI is InChI=1S/C13H20N2O2.ClH/c1-10(9-13(16)15-8-7-14)11-3-5-12(17-2)6-4-11;/h3-6,10H,7-9,14H2,1-2H3,(H,15,16);1H. The molecule has 0 radical (unpaired) electrons. The number of ether oxygens (including phenoxy) is 1. The van der Waals surface area contributed by atoms with Crippen molar-refractivity contribution >= 4 is 18.3 Å². The quantitative estimate of drug-likeness (QED) is 0.828. The van der Waals surface area contributed by atoms with E-state index in [2.05, 4.69) is 5.32 Å². The maximum absolute atomic E-state index is 11.5. The molecule has 0 bridgehead atoms. The molecule has 0 aromatic heterocycles. The zero-order chi connectivity index (χ0) is 12.7. The molecule has 0 aliphatic rings. The van der Waals surface area contributed by atoms with Gasteiger partial charge in [-0.2, -0.15) is 0 Å². The van der Waals surface area contributed by atoms with Crippen molar-refractivity contribution in [2.45, 2.75) is 19.3 Å². The average Bonchev–Trinajstić information content (AvgIpc) is 2.36. The summed E-state index contributed by atoms with van der Waals surface area (Å²) in [6.45, 7) is 3.04. The zero-order valence-corrected chi connectivity index (χ0v) is 11.6. The van der Waals surface area contributed by atoms with Crippen LogP contribution in [0.5, 0.6) is 5.75 Å². The summed E-state index contributed by atoms with van der Waals surface area (Å²) in [6, 6.07) is 7.78. The second kappa shape index (κ2) is 8.78. The van der Waals surface area contributed by atoms with E-state index >= 15 is 0 Å². The first kappa shape index (κ1) is 16.7. The molecule has 1 amide bonds. The van der Waals surface area contributed by atoms with Gasteiger partial charge in [0.2, 0.25) is 5.91 Å². The summed E-state index contributed by atoms with van der Waals surface area (Å²) in [5, 5.41) is 2.77. The predicted octanol–water partition coefficient (Wildman–Crippen LogP) is 1.69. The van der Waals surface area contributed by atoms with Crippen LogP contribution in [0.25, 0.3) is 0 Å². The van der Waals surface area contributed by atoms with E-state index in [0.29, 0.717) is 19.5 Å². The molecule has 3 N–H and O–H groups in total. The predicted molar refractivity (Wildman–Crippen MR) is 75.3 cm³/mol. The summed E-state index contributed by atoms with van der Waals surface area (Å²) in [5.74, 6) is 1.06. The molecule has 102 valence electrons. The van der Waals surface area contributed by atoms with Crippen molar-refractivity contribution in [3.05, 3.63) is 29.8 Å². The normalized spacial score (nSPS) is 11.3. The SMILES string of the molecule is COc1ccc(C(C)CC(=O)NCCN)cc1.Cl. The van der Waals surface area contributed by atoms with E-state index in [1.165, 1.54) is 0 Å². The van der Waals surface area contributed by atoms with Crippen molar-refractivity contribution < 1.29 is 9.53 Å². The summed E-state index contributed by atoms with van der Waals surface area (Å²) in [4.78, 5) is 11.5. The van der Waals surface area contributed by atoms with E-state index in [1.54, 1.807) is 7.11 Å². The first-order chi connectivity index (χ1) is 8.17. The monoisotopic (exact) mass is 272 g/mol. The third kappa shape index (κ3) is 5.38. The first-order valence-electron chi connectivity index (χ1n) is 5.78. The van der Waals surface area contributed by atoms with E-state index in [1.807, 2.05) is 31.2 Å². The highest BCUT2D eigenvalue weighted by molar-refractivity contribution is 5.85. The summed E-state index contributed by atoms with van der Waals surface area (Å²) >= 11 is 0. The molecule has 1 aromatic rings. The molecule has 1 atom stereocenters. The fraction of sp³-hybridized carbons (Fsp3) is 0.462. The number of nitrogens with one attached hydrogen (secondary N) is 1. The summed E-state index contributed by atoms with van der Waals surface area (Å²) in [6.07, 6.45) is 0.479. The molecule has 18 heavy (non-hydrogen) atoms. The summed E-state index contributed by atoms with van der Waals surface area (Å²) < 4.78 is 5.09. The Bertz CT molecular complexity index is 355. The molecule has 0 aliphatic carbocycles. The van der Waals surface area contributed by atoms with Crippen molar-refractivity contribution in [3.63, 3.8) is 0 Å². The van der Waals surface area contributed by atoms with Gasteiger partial charge < -0.3 is 15.8 Å².